The Morgan fingerprint density at radius 3 is 2.65 bits per heavy atom. The van der Waals surface area contributed by atoms with E-state index in [1.165, 1.54) is 12.8 Å². The summed E-state index contributed by atoms with van der Waals surface area (Å²) in [6, 6.07) is 7.85. The Balaban J connectivity index is 1.74. The number of nitrogens with one attached hydrogen (secondary N) is 1. The quantitative estimate of drug-likeness (QED) is 0.710. The fourth-order valence-corrected chi connectivity index (χ4v) is 2.16. The van der Waals surface area contributed by atoms with Crippen molar-refractivity contribution in [3.8, 4) is 0 Å². The van der Waals surface area contributed by atoms with Crippen LogP contribution in [0.25, 0.3) is 0 Å². The molecule has 5 heteroatoms. The van der Waals surface area contributed by atoms with Gasteiger partial charge in [-0.1, -0.05) is 0 Å². The summed E-state index contributed by atoms with van der Waals surface area (Å²) in [5.41, 5.74) is 7.10. The molecule has 1 aliphatic rings. The van der Waals surface area contributed by atoms with Crippen molar-refractivity contribution >= 4 is 17.3 Å². The van der Waals surface area contributed by atoms with Crippen LogP contribution in [0.2, 0.25) is 0 Å². The molecule has 3 N–H and O–H groups in total. The van der Waals surface area contributed by atoms with Crippen LogP contribution in [-0.4, -0.2) is 43.7 Å². The molecule has 1 aromatic carbocycles. The summed E-state index contributed by atoms with van der Waals surface area (Å²) in [7, 11) is 1.71. The highest BCUT2D eigenvalue weighted by Gasteiger charge is 2.28. The van der Waals surface area contributed by atoms with Crippen LogP contribution in [0.3, 0.4) is 0 Å². The second-order valence-corrected chi connectivity index (χ2v) is 5.18. The van der Waals surface area contributed by atoms with Crippen molar-refractivity contribution < 1.29 is 9.53 Å². The molecule has 0 aliphatic heterocycles. The van der Waals surface area contributed by atoms with E-state index in [0.29, 0.717) is 18.2 Å². The predicted octanol–water partition coefficient (Wildman–Crippen LogP) is 1.71. The van der Waals surface area contributed by atoms with Crippen molar-refractivity contribution in [2.24, 2.45) is 0 Å². The first kappa shape index (κ1) is 14.8. The van der Waals surface area contributed by atoms with Gasteiger partial charge in [0.05, 0.1) is 6.61 Å². The van der Waals surface area contributed by atoms with Crippen LogP contribution in [0.4, 0.5) is 11.4 Å². The third-order valence-corrected chi connectivity index (χ3v) is 3.47. The molecule has 1 aromatic rings. The van der Waals surface area contributed by atoms with E-state index in [4.69, 9.17) is 10.5 Å². The van der Waals surface area contributed by atoms with Crippen molar-refractivity contribution in [1.29, 1.82) is 0 Å². The highest BCUT2D eigenvalue weighted by atomic mass is 16.5. The molecule has 0 aromatic heterocycles. The third kappa shape index (κ3) is 4.83. The average Bonchev–Trinajstić information content (AvgIpc) is 3.26. The van der Waals surface area contributed by atoms with Crippen molar-refractivity contribution in [2.45, 2.75) is 25.3 Å². The number of nitrogens with zero attached hydrogens (tertiary/aromatic N) is 1. The van der Waals surface area contributed by atoms with Gasteiger partial charge >= 0.3 is 0 Å². The van der Waals surface area contributed by atoms with Gasteiger partial charge in [-0.3, -0.25) is 9.69 Å². The lowest BCUT2D eigenvalue weighted by Crippen LogP contribution is -2.32. The van der Waals surface area contributed by atoms with Gasteiger partial charge in [0, 0.05) is 44.0 Å². The summed E-state index contributed by atoms with van der Waals surface area (Å²) < 4.78 is 5.11. The Hall–Kier alpha value is -1.59. The summed E-state index contributed by atoms with van der Waals surface area (Å²) in [5, 5.41) is 2.89. The highest BCUT2D eigenvalue weighted by molar-refractivity contribution is 5.90. The number of nitrogens with two attached hydrogens (primary N) is 1. The van der Waals surface area contributed by atoms with Crippen molar-refractivity contribution in [3.05, 3.63) is 24.3 Å². The largest absolute Gasteiger partial charge is 0.399 e. The van der Waals surface area contributed by atoms with Crippen LogP contribution < -0.4 is 11.1 Å². The topological polar surface area (TPSA) is 67.6 Å². The van der Waals surface area contributed by atoms with Crippen LogP contribution in [0.15, 0.2) is 24.3 Å². The number of nitrogen functional groups attached to an aromatic ring is 1. The minimum atomic E-state index is 0.0397. The molecule has 0 radical (unpaired) electrons. The molecule has 0 atom stereocenters. The SMILES string of the molecule is COCCN(CCC(=O)Nc1ccc(N)cc1)C1CC1. The zero-order valence-electron chi connectivity index (χ0n) is 12.0. The van der Waals surface area contributed by atoms with Crippen LogP contribution >= 0.6 is 0 Å². The van der Waals surface area contributed by atoms with Gasteiger partial charge in [0.2, 0.25) is 5.91 Å². The minimum absolute atomic E-state index is 0.0397. The number of hydrogen-bond donors (Lipinski definition) is 2. The molecule has 0 unspecified atom stereocenters. The number of methoxy groups -OCH3 is 1. The number of anilines is 2. The van der Waals surface area contributed by atoms with Crippen molar-refractivity contribution in [1.82, 2.24) is 4.90 Å². The Kier molecular flexibility index (Phi) is 5.38. The minimum Gasteiger partial charge on any atom is -0.399 e. The normalized spacial score (nSPS) is 14.5. The molecule has 0 saturated heterocycles. The number of amides is 1. The number of benzene rings is 1. The summed E-state index contributed by atoms with van der Waals surface area (Å²) in [4.78, 5) is 14.3. The molecule has 0 spiro atoms. The van der Waals surface area contributed by atoms with Crippen LogP contribution in [-0.2, 0) is 9.53 Å². The van der Waals surface area contributed by atoms with E-state index >= 15 is 0 Å². The average molecular weight is 277 g/mol. The fourth-order valence-electron chi connectivity index (χ4n) is 2.16. The van der Waals surface area contributed by atoms with Crippen molar-refractivity contribution in [2.75, 3.05) is 37.9 Å². The molecule has 110 valence electrons. The first-order valence-electron chi connectivity index (χ1n) is 7.07. The first-order valence-corrected chi connectivity index (χ1v) is 7.07. The zero-order valence-corrected chi connectivity index (χ0v) is 12.0. The molecule has 1 aliphatic carbocycles. The Bertz CT molecular complexity index is 429. The lowest BCUT2D eigenvalue weighted by Gasteiger charge is -2.21. The summed E-state index contributed by atoms with van der Waals surface area (Å²) in [6.45, 7) is 2.40. The molecule has 20 heavy (non-hydrogen) atoms. The lowest BCUT2D eigenvalue weighted by atomic mass is 10.2. The van der Waals surface area contributed by atoms with E-state index in [2.05, 4.69) is 10.2 Å². The first-order chi connectivity index (χ1) is 9.69. The van der Waals surface area contributed by atoms with E-state index in [1.807, 2.05) is 12.1 Å². The molecule has 5 nitrogen and oxygen atoms in total. The molecule has 1 saturated carbocycles. The van der Waals surface area contributed by atoms with E-state index in [-0.39, 0.29) is 5.91 Å². The number of rotatable bonds is 8. The zero-order chi connectivity index (χ0) is 14.4. The molecule has 1 fully saturated rings. The van der Waals surface area contributed by atoms with Gasteiger partial charge in [-0.25, -0.2) is 0 Å². The van der Waals surface area contributed by atoms with Gasteiger partial charge in [0.1, 0.15) is 0 Å². The predicted molar refractivity (Wildman–Crippen MR) is 80.6 cm³/mol. The maximum atomic E-state index is 11.9. The van der Waals surface area contributed by atoms with E-state index in [9.17, 15) is 4.79 Å². The molecule has 2 rings (SSSR count). The van der Waals surface area contributed by atoms with E-state index in [1.54, 1.807) is 19.2 Å². The molecule has 1 amide bonds. The summed E-state index contributed by atoms with van der Waals surface area (Å²) >= 11 is 0. The van der Waals surface area contributed by atoms with Crippen LogP contribution in [0, 0.1) is 0 Å². The second kappa shape index (κ2) is 7.26. The standard InChI is InChI=1S/C15H23N3O2/c1-20-11-10-18(14-6-7-14)9-8-15(19)17-13-4-2-12(16)3-5-13/h2-5,14H,6-11,16H2,1H3,(H,17,19). The number of carbonyl (C=O) groups is 1. The van der Waals surface area contributed by atoms with Gasteiger partial charge < -0.3 is 15.8 Å². The fraction of sp³-hybridized carbons (Fsp3) is 0.533. The van der Waals surface area contributed by atoms with E-state index in [0.717, 1.165) is 25.4 Å². The van der Waals surface area contributed by atoms with Gasteiger partial charge in [-0.15, -0.1) is 0 Å². The Morgan fingerprint density at radius 1 is 1.35 bits per heavy atom. The lowest BCUT2D eigenvalue weighted by molar-refractivity contribution is -0.116. The highest BCUT2D eigenvalue weighted by Crippen LogP contribution is 2.26. The molecular weight excluding hydrogens is 254 g/mol. The van der Waals surface area contributed by atoms with Gasteiger partial charge in [-0.05, 0) is 37.1 Å². The monoisotopic (exact) mass is 277 g/mol. The van der Waals surface area contributed by atoms with Crippen LogP contribution in [0.5, 0.6) is 0 Å². The second-order valence-electron chi connectivity index (χ2n) is 5.18. The summed E-state index contributed by atoms with van der Waals surface area (Å²) in [5.74, 6) is 0.0397. The van der Waals surface area contributed by atoms with Crippen molar-refractivity contribution in [3.63, 3.8) is 0 Å². The third-order valence-electron chi connectivity index (χ3n) is 3.47. The van der Waals surface area contributed by atoms with Gasteiger partial charge in [0.25, 0.3) is 0 Å². The number of ether oxygens (including phenoxy) is 1. The van der Waals surface area contributed by atoms with Gasteiger partial charge in [0.15, 0.2) is 0 Å². The maximum absolute atomic E-state index is 11.9. The summed E-state index contributed by atoms with van der Waals surface area (Å²) in [6.07, 6.45) is 2.98. The molecule has 0 heterocycles. The number of hydrogen-bond acceptors (Lipinski definition) is 4. The number of carbonyl (C=O) groups excluding carboxylic acids is 1. The molecular formula is C15H23N3O2. The Morgan fingerprint density at radius 2 is 2.05 bits per heavy atom. The van der Waals surface area contributed by atoms with Crippen LogP contribution in [0.1, 0.15) is 19.3 Å². The maximum Gasteiger partial charge on any atom is 0.225 e. The molecule has 0 bridgehead atoms. The van der Waals surface area contributed by atoms with E-state index < -0.39 is 0 Å². The van der Waals surface area contributed by atoms with Gasteiger partial charge in [-0.2, -0.15) is 0 Å². The Labute approximate surface area is 120 Å². The smallest absolute Gasteiger partial charge is 0.225 e.